The Bertz CT molecular complexity index is 189. The van der Waals surface area contributed by atoms with Gasteiger partial charge in [0, 0.05) is 5.03 Å². The molecule has 0 aromatic carbocycles. The van der Waals surface area contributed by atoms with E-state index in [1.807, 2.05) is 0 Å². The van der Waals surface area contributed by atoms with E-state index < -0.39 is 0 Å². The first-order chi connectivity index (χ1) is 5.25. The van der Waals surface area contributed by atoms with Gasteiger partial charge in [0.2, 0.25) is 0 Å². The van der Waals surface area contributed by atoms with Gasteiger partial charge in [0.1, 0.15) is 0 Å². The quantitative estimate of drug-likeness (QED) is 0.590. The summed E-state index contributed by atoms with van der Waals surface area (Å²) in [5, 5.41) is 0.977. The average Bonchev–Trinajstić information content (AvgIpc) is 2.04. The lowest BCUT2D eigenvalue weighted by Gasteiger charge is -2.16. The molecule has 62 valence electrons. The van der Waals surface area contributed by atoms with Crippen LogP contribution in [-0.2, 0) is 0 Å². The van der Waals surface area contributed by atoms with Crippen LogP contribution < -0.4 is 0 Å². The molecule has 1 atom stereocenters. The molecule has 0 amide bonds. The van der Waals surface area contributed by atoms with Crippen molar-refractivity contribution in [2.75, 3.05) is 0 Å². The van der Waals surface area contributed by atoms with Crippen LogP contribution in [0.3, 0.4) is 0 Å². The van der Waals surface area contributed by atoms with Crippen molar-refractivity contribution in [1.82, 2.24) is 0 Å². The van der Waals surface area contributed by atoms with Crippen LogP contribution in [-0.4, -0.2) is 0 Å². The molecule has 0 spiro atoms. The zero-order chi connectivity index (χ0) is 8.27. The molecule has 0 aromatic rings. The average molecular weight is 171 g/mol. The maximum Gasteiger partial charge on any atom is 0.0397 e. The third kappa shape index (κ3) is 2.10. The summed E-state index contributed by atoms with van der Waals surface area (Å²) < 4.78 is 0. The minimum Gasteiger partial charge on any atom is -0.0844 e. The molecule has 1 aliphatic carbocycles. The number of halogens is 1. The lowest BCUT2D eigenvalue weighted by Crippen LogP contribution is -2.00. The molecule has 0 bridgehead atoms. The van der Waals surface area contributed by atoms with Gasteiger partial charge < -0.3 is 0 Å². The summed E-state index contributed by atoms with van der Waals surface area (Å²) in [6.07, 6.45) is 7.85. The maximum atomic E-state index is 6.05. The maximum absolute atomic E-state index is 6.05. The second-order valence-electron chi connectivity index (χ2n) is 3.10. The predicted molar refractivity (Wildman–Crippen MR) is 50.7 cm³/mol. The molecule has 0 unspecified atom stereocenters. The Balaban J connectivity index is 2.70. The van der Waals surface area contributed by atoms with Crippen molar-refractivity contribution >= 4 is 11.6 Å². The molecule has 0 aliphatic heterocycles. The summed E-state index contributed by atoms with van der Waals surface area (Å²) in [5.74, 6) is 0.624. The summed E-state index contributed by atoms with van der Waals surface area (Å²) in [5.41, 5.74) is 1.35. The first-order valence-electron chi connectivity index (χ1n) is 4.31. The molecule has 1 rings (SSSR count). The van der Waals surface area contributed by atoms with Crippen molar-refractivity contribution in [3.8, 4) is 0 Å². The molecule has 0 heterocycles. The van der Waals surface area contributed by atoms with Crippen molar-refractivity contribution in [2.24, 2.45) is 5.92 Å². The summed E-state index contributed by atoms with van der Waals surface area (Å²) >= 11 is 6.05. The van der Waals surface area contributed by atoms with Gasteiger partial charge in [-0.1, -0.05) is 37.6 Å². The minimum absolute atomic E-state index is 0.624. The van der Waals surface area contributed by atoms with E-state index in [4.69, 9.17) is 11.6 Å². The summed E-state index contributed by atoms with van der Waals surface area (Å²) in [7, 11) is 0. The molecule has 0 radical (unpaired) electrons. The Kier molecular flexibility index (Phi) is 3.19. The van der Waals surface area contributed by atoms with Gasteiger partial charge in [0.05, 0.1) is 0 Å². The van der Waals surface area contributed by atoms with Crippen LogP contribution in [0.5, 0.6) is 0 Å². The first-order valence-corrected chi connectivity index (χ1v) is 4.69. The molecule has 11 heavy (non-hydrogen) atoms. The molecular formula is C10H15Cl. The summed E-state index contributed by atoms with van der Waals surface area (Å²) in [6.45, 7) is 4.43. The van der Waals surface area contributed by atoms with E-state index in [2.05, 4.69) is 26.0 Å². The van der Waals surface area contributed by atoms with E-state index in [9.17, 15) is 0 Å². The van der Waals surface area contributed by atoms with Gasteiger partial charge in [-0.25, -0.2) is 0 Å². The zero-order valence-electron chi connectivity index (χ0n) is 7.23. The van der Waals surface area contributed by atoms with Crippen LogP contribution >= 0.6 is 11.6 Å². The van der Waals surface area contributed by atoms with Crippen LogP contribution in [0.1, 0.15) is 33.1 Å². The molecular weight excluding hydrogens is 156 g/mol. The van der Waals surface area contributed by atoms with Crippen LogP contribution in [0.4, 0.5) is 0 Å². The van der Waals surface area contributed by atoms with E-state index in [1.54, 1.807) is 0 Å². The van der Waals surface area contributed by atoms with Crippen molar-refractivity contribution in [1.29, 1.82) is 0 Å². The standard InChI is InChI=1S/C10H15Cl/c1-3-8(2)9-6-4-5-7-10(9)11/h6-8H,3-5H2,1-2H3/t8-/m0/s1. The van der Waals surface area contributed by atoms with E-state index in [-0.39, 0.29) is 0 Å². The topological polar surface area (TPSA) is 0 Å². The highest BCUT2D eigenvalue weighted by Crippen LogP contribution is 2.29. The molecule has 0 nitrogen and oxygen atoms in total. The number of hydrogen-bond donors (Lipinski definition) is 0. The van der Waals surface area contributed by atoms with Crippen molar-refractivity contribution in [3.05, 3.63) is 22.8 Å². The summed E-state index contributed by atoms with van der Waals surface area (Å²) in [4.78, 5) is 0. The van der Waals surface area contributed by atoms with E-state index in [0.717, 1.165) is 17.9 Å². The first kappa shape index (κ1) is 8.86. The summed E-state index contributed by atoms with van der Waals surface area (Å²) in [6, 6.07) is 0. The van der Waals surface area contributed by atoms with E-state index in [0.29, 0.717) is 5.92 Å². The Morgan fingerprint density at radius 1 is 1.45 bits per heavy atom. The molecule has 0 fully saturated rings. The van der Waals surface area contributed by atoms with Gasteiger partial charge >= 0.3 is 0 Å². The van der Waals surface area contributed by atoms with Gasteiger partial charge in [0.25, 0.3) is 0 Å². The minimum atomic E-state index is 0.624. The Morgan fingerprint density at radius 3 is 2.64 bits per heavy atom. The largest absolute Gasteiger partial charge is 0.0844 e. The highest BCUT2D eigenvalue weighted by Gasteiger charge is 2.11. The van der Waals surface area contributed by atoms with E-state index >= 15 is 0 Å². The van der Waals surface area contributed by atoms with Gasteiger partial charge in [-0.05, 0) is 30.8 Å². The molecule has 1 heteroatoms. The fraction of sp³-hybridized carbons (Fsp3) is 0.600. The molecule has 1 aliphatic rings. The molecule has 0 saturated heterocycles. The Morgan fingerprint density at radius 2 is 2.09 bits per heavy atom. The Hall–Kier alpha value is -0.230. The van der Waals surface area contributed by atoms with Crippen LogP contribution in [0.25, 0.3) is 0 Å². The molecule has 0 aromatic heterocycles. The SMILES string of the molecule is CC[C@H](C)C1=CCCC=C1Cl. The van der Waals surface area contributed by atoms with Gasteiger partial charge in [-0.3, -0.25) is 0 Å². The van der Waals surface area contributed by atoms with Crippen LogP contribution in [0, 0.1) is 5.92 Å². The lowest BCUT2D eigenvalue weighted by atomic mass is 9.93. The van der Waals surface area contributed by atoms with Gasteiger partial charge in [-0.2, -0.15) is 0 Å². The number of allylic oxidation sites excluding steroid dienone is 4. The predicted octanol–water partition coefficient (Wildman–Crippen LogP) is 3.88. The van der Waals surface area contributed by atoms with Crippen LogP contribution in [0.15, 0.2) is 22.8 Å². The lowest BCUT2D eigenvalue weighted by molar-refractivity contribution is 0.659. The smallest absolute Gasteiger partial charge is 0.0397 e. The van der Waals surface area contributed by atoms with Crippen molar-refractivity contribution in [2.45, 2.75) is 33.1 Å². The third-order valence-corrected chi connectivity index (χ3v) is 2.65. The fourth-order valence-electron chi connectivity index (χ4n) is 1.32. The fourth-order valence-corrected chi connectivity index (χ4v) is 1.69. The monoisotopic (exact) mass is 170 g/mol. The molecule has 0 N–H and O–H groups in total. The van der Waals surface area contributed by atoms with Gasteiger partial charge in [-0.15, -0.1) is 0 Å². The second kappa shape index (κ2) is 3.96. The highest BCUT2D eigenvalue weighted by atomic mass is 35.5. The van der Waals surface area contributed by atoms with Gasteiger partial charge in [0.15, 0.2) is 0 Å². The normalized spacial score (nSPS) is 20.6. The van der Waals surface area contributed by atoms with Crippen LogP contribution in [0.2, 0.25) is 0 Å². The Labute approximate surface area is 73.9 Å². The number of hydrogen-bond acceptors (Lipinski definition) is 0. The third-order valence-electron chi connectivity index (χ3n) is 2.27. The van der Waals surface area contributed by atoms with Crippen molar-refractivity contribution in [3.63, 3.8) is 0 Å². The number of rotatable bonds is 2. The van der Waals surface area contributed by atoms with E-state index in [1.165, 1.54) is 12.0 Å². The highest BCUT2D eigenvalue weighted by molar-refractivity contribution is 6.32. The zero-order valence-corrected chi connectivity index (χ0v) is 7.99. The van der Waals surface area contributed by atoms with Crippen molar-refractivity contribution < 1.29 is 0 Å². The molecule has 0 saturated carbocycles. The second-order valence-corrected chi connectivity index (χ2v) is 3.51.